The summed E-state index contributed by atoms with van der Waals surface area (Å²) in [6.07, 6.45) is 2.59. The van der Waals surface area contributed by atoms with Gasteiger partial charge >= 0.3 is 0 Å². The van der Waals surface area contributed by atoms with Crippen molar-refractivity contribution in [3.63, 3.8) is 0 Å². The number of anilines is 1. The first-order valence-electron chi connectivity index (χ1n) is 11.6. The Kier molecular flexibility index (Phi) is 7.30. The van der Waals surface area contributed by atoms with E-state index >= 15 is 0 Å². The lowest BCUT2D eigenvalue weighted by Gasteiger charge is -2.30. The van der Waals surface area contributed by atoms with Crippen LogP contribution in [0, 0.1) is 0 Å². The van der Waals surface area contributed by atoms with E-state index in [2.05, 4.69) is 68.1 Å². The van der Waals surface area contributed by atoms with Crippen LogP contribution < -0.4 is 5.32 Å². The van der Waals surface area contributed by atoms with Gasteiger partial charge in [-0.15, -0.1) is 22.7 Å². The fourth-order valence-electron chi connectivity index (χ4n) is 4.16. The molecule has 2 aromatic heterocycles. The molecule has 0 radical (unpaired) electrons. The minimum absolute atomic E-state index is 0.0850. The van der Waals surface area contributed by atoms with Gasteiger partial charge in [-0.05, 0) is 58.4 Å². The molecular formula is C25H34N4OS2. The number of nitrogens with one attached hydrogen (secondary N) is 1. The van der Waals surface area contributed by atoms with Crippen molar-refractivity contribution in [1.82, 2.24) is 14.8 Å². The number of thiazole rings is 1. The van der Waals surface area contributed by atoms with Crippen LogP contribution >= 0.6 is 22.7 Å². The number of hydrogen-bond donors (Lipinski definition) is 1. The Balaban J connectivity index is 1.63. The van der Waals surface area contributed by atoms with Crippen molar-refractivity contribution >= 4 is 43.8 Å². The van der Waals surface area contributed by atoms with Crippen molar-refractivity contribution in [3.8, 4) is 10.6 Å². The standard InChI is InChI=1S/C25H34N4OS2/c1-6-17(4)28(5)13-12-22(30)27-25-23(24-26-19-9-7-8-10-20(19)31-24)18-11-14-29(16(2)3)15-21(18)32-25/h7-10,16-17H,6,11-15H2,1-5H3,(H,27,30). The molecule has 1 N–H and O–H groups in total. The van der Waals surface area contributed by atoms with Crippen LogP contribution in [0.25, 0.3) is 20.8 Å². The van der Waals surface area contributed by atoms with Crippen molar-refractivity contribution in [2.75, 3.05) is 25.5 Å². The van der Waals surface area contributed by atoms with E-state index in [1.807, 2.05) is 6.07 Å². The van der Waals surface area contributed by atoms with Crippen LogP contribution in [-0.4, -0.2) is 52.9 Å². The van der Waals surface area contributed by atoms with Crippen molar-refractivity contribution in [1.29, 1.82) is 0 Å². The number of nitrogens with zero attached hydrogens (tertiary/aromatic N) is 3. The largest absolute Gasteiger partial charge is 0.317 e. The summed E-state index contributed by atoms with van der Waals surface area (Å²) in [6, 6.07) is 9.29. The Labute approximate surface area is 199 Å². The van der Waals surface area contributed by atoms with Crippen LogP contribution in [0.3, 0.4) is 0 Å². The monoisotopic (exact) mass is 470 g/mol. The first kappa shape index (κ1) is 23.4. The second-order valence-corrected chi connectivity index (χ2v) is 11.2. The van der Waals surface area contributed by atoms with Gasteiger partial charge in [-0.3, -0.25) is 9.69 Å². The van der Waals surface area contributed by atoms with Crippen molar-refractivity contribution in [2.24, 2.45) is 0 Å². The zero-order valence-electron chi connectivity index (χ0n) is 19.8. The molecule has 1 atom stereocenters. The number of hydrogen-bond acceptors (Lipinski definition) is 6. The van der Waals surface area contributed by atoms with E-state index in [9.17, 15) is 4.79 Å². The number of thiophene rings is 1. The van der Waals surface area contributed by atoms with E-state index < -0.39 is 0 Å². The molecule has 1 aliphatic rings. The van der Waals surface area contributed by atoms with Gasteiger partial charge in [0.25, 0.3) is 0 Å². The normalized spacial score (nSPS) is 15.5. The third kappa shape index (κ3) is 4.91. The zero-order chi connectivity index (χ0) is 22.8. The molecule has 7 heteroatoms. The van der Waals surface area contributed by atoms with Gasteiger partial charge in [0.1, 0.15) is 10.0 Å². The average molecular weight is 471 g/mol. The molecule has 0 saturated carbocycles. The highest BCUT2D eigenvalue weighted by atomic mass is 32.1. The van der Waals surface area contributed by atoms with Gasteiger partial charge in [0.15, 0.2) is 0 Å². The second kappa shape index (κ2) is 10.00. The van der Waals surface area contributed by atoms with E-state index in [0.29, 0.717) is 18.5 Å². The zero-order valence-corrected chi connectivity index (χ0v) is 21.4. The summed E-state index contributed by atoms with van der Waals surface area (Å²) < 4.78 is 1.19. The smallest absolute Gasteiger partial charge is 0.226 e. The van der Waals surface area contributed by atoms with Gasteiger partial charge in [-0.25, -0.2) is 4.98 Å². The Morgan fingerprint density at radius 1 is 1.25 bits per heavy atom. The topological polar surface area (TPSA) is 48.5 Å². The molecule has 0 fully saturated rings. The molecular weight excluding hydrogens is 436 g/mol. The molecule has 1 amide bonds. The van der Waals surface area contributed by atoms with E-state index in [0.717, 1.165) is 53.6 Å². The summed E-state index contributed by atoms with van der Waals surface area (Å²) in [7, 11) is 2.10. The van der Waals surface area contributed by atoms with E-state index in [1.54, 1.807) is 22.7 Å². The molecule has 1 aromatic carbocycles. The SMILES string of the molecule is CCC(C)N(C)CCC(=O)Nc1sc2c(c1-c1nc3ccccc3s1)CCN(C(C)C)C2. The number of carbonyl (C=O) groups excluding carboxylic acids is 1. The molecule has 3 aromatic rings. The fraction of sp³-hybridized carbons (Fsp3) is 0.520. The van der Waals surface area contributed by atoms with Crippen LogP contribution in [0.4, 0.5) is 5.00 Å². The molecule has 0 saturated heterocycles. The minimum atomic E-state index is 0.0850. The van der Waals surface area contributed by atoms with Gasteiger partial charge in [0.2, 0.25) is 5.91 Å². The Hall–Kier alpha value is -1.80. The van der Waals surface area contributed by atoms with Crippen LogP contribution in [0.15, 0.2) is 24.3 Å². The number of carbonyl (C=O) groups is 1. The summed E-state index contributed by atoms with van der Waals surface area (Å²) in [5, 5.41) is 5.26. The van der Waals surface area contributed by atoms with Gasteiger partial charge in [-0.1, -0.05) is 19.1 Å². The third-order valence-electron chi connectivity index (χ3n) is 6.61. The molecule has 4 rings (SSSR count). The van der Waals surface area contributed by atoms with Crippen LogP contribution in [-0.2, 0) is 17.8 Å². The lowest BCUT2D eigenvalue weighted by atomic mass is 10.0. The maximum absolute atomic E-state index is 12.9. The van der Waals surface area contributed by atoms with E-state index in [-0.39, 0.29) is 5.91 Å². The predicted octanol–water partition coefficient (Wildman–Crippen LogP) is 5.85. The number of fused-ring (bicyclic) bond motifs is 2. The summed E-state index contributed by atoms with van der Waals surface area (Å²) in [5.41, 5.74) is 3.55. The van der Waals surface area contributed by atoms with Gasteiger partial charge in [0.05, 0.1) is 10.2 Å². The molecule has 32 heavy (non-hydrogen) atoms. The van der Waals surface area contributed by atoms with Crippen molar-refractivity contribution in [3.05, 3.63) is 34.7 Å². The quantitative estimate of drug-likeness (QED) is 0.449. The number of para-hydroxylation sites is 1. The maximum Gasteiger partial charge on any atom is 0.226 e. The highest BCUT2D eigenvalue weighted by molar-refractivity contribution is 7.22. The fourth-order valence-corrected chi connectivity index (χ4v) is 6.56. The lowest BCUT2D eigenvalue weighted by molar-refractivity contribution is -0.116. The summed E-state index contributed by atoms with van der Waals surface area (Å²) >= 11 is 3.46. The number of amides is 1. The van der Waals surface area contributed by atoms with Gasteiger partial charge in [-0.2, -0.15) is 0 Å². The molecule has 0 spiro atoms. The van der Waals surface area contributed by atoms with Crippen LogP contribution in [0.5, 0.6) is 0 Å². The second-order valence-electron chi connectivity index (χ2n) is 9.04. The Morgan fingerprint density at radius 2 is 2.03 bits per heavy atom. The van der Waals surface area contributed by atoms with Gasteiger partial charge in [0, 0.05) is 48.6 Å². The van der Waals surface area contributed by atoms with E-state index in [1.165, 1.54) is 15.1 Å². The summed E-state index contributed by atoms with van der Waals surface area (Å²) in [5.74, 6) is 0.0850. The molecule has 5 nitrogen and oxygen atoms in total. The summed E-state index contributed by atoms with van der Waals surface area (Å²) in [4.78, 5) is 24.0. The highest BCUT2D eigenvalue weighted by Gasteiger charge is 2.28. The predicted molar refractivity (Wildman–Crippen MR) is 138 cm³/mol. The maximum atomic E-state index is 12.9. The van der Waals surface area contributed by atoms with Crippen LogP contribution in [0.2, 0.25) is 0 Å². The lowest BCUT2D eigenvalue weighted by Crippen LogP contribution is -2.35. The first-order chi connectivity index (χ1) is 15.4. The Morgan fingerprint density at radius 3 is 2.75 bits per heavy atom. The van der Waals surface area contributed by atoms with Crippen LogP contribution in [0.1, 0.15) is 51.0 Å². The molecule has 1 aliphatic heterocycles. The summed E-state index contributed by atoms with van der Waals surface area (Å²) in [6.45, 7) is 11.7. The average Bonchev–Trinajstić information content (AvgIpc) is 3.36. The molecule has 172 valence electrons. The molecule has 1 unspecified atom stereocenters. The third-order valence-corrected chi connectivity index (χ3v) is 8.80. The van der Waals surface area contributed by atoms with Crippen molar-refractivity contribution < 1.29 is 4.79 Å². The molecule has 3 heterocycles. The van der Waals surface area contributed by atoms with E-state index in [4.69, 9.17) is 4.98 Å². The van der Waals surface area contributed by atoms with Crippen molar-refractivity contribution in [2.45, 2.75) is 65.6 Å². The number of benzene rings is 1. The number of aromatic nitrogens is 1. The minimum Gasteiger partial charge on any atom is -0.317 e. The first-order valence-corrected chi connectivity index (χ1v) is 13.2. The number of rotatable bonds is 8. The molecule has 0 bridgehead atoms. The molecule has 0 aliphatic carbocycles. The Bertz CT molecular complexity index is 1050. The van der Waals surface area contributed by atoms with Gasteiger partial charge < -0.3 is 10.2 Å². The highest BCUT2D eigenvalue weighted by Crippen LogP contribution is 2.45.